The summed E-state index contributed by atoms with van der Waals surface area (Å²) in [5.41, 5.74) is 2.96. The number of hydrogen-bond donors (Lipinski definition) is 1. The van der Waals surface area contributed by atoms with Gasteiger partial charge in [0.15, 0.2) is 0 Å². The average molecular weight is 397 g/mol. The Hall–Kier alpha value is -2.37. The van der Waals surface area contributed by atoms with Crippen molar-refractivity contribution in [1.82, 2.24) is 4.90 Å². The van der Waals surface area contributed by atoms with Crippen molar-refractivity contribution in [3.05, 3.63) is 48.5 Å². The van der Waals surface area contributed by atoms with Gasteiger partial charge in [0, 0.05) is 30.8 Å². The minimum atomic E-state index is 0.0725. The van der Waals surface area contributed by atoms with Gasteiger partial charge >= 0.3 is 0 Å². The number of anilines is 1. The van der Waals surface area contributed by atoms with E-state index in [1.165, 1.54) is 0 Å². The number of carbonyl (C=O) groups excluding carboxylic acids is 1. The fourth-order valence-electron chi connectivity index (χ4n) is 3.46. The van der Waals surface area contributed by atoms with E-state index < -0.39 is 0 Å². The molecule has 1 aliphatic heterocycles. The summed E-state index contributed by atoms with van der Waals surface area (Å²) in [5, 5.41) is 3.00. The number of carbonyl (C=O) groups is 1. The summed E-state index contributed by atoms with van der Waals surface area (Å²) in [7, 11) is 0. The molecule has 1 fully saturated rings. The van der Waals surface area contributed by atoms with Crippen LogP contribution in [0.15, 0.2) is 48.5 Å². The van der Waals surface area contributed by atoms with Gasteiger partial charge in [-0.1, -0.05) is 30.3 Å². The van der Waals surface area contributed by atoms with Gasteiger partial charge in [0.1, 0.15) is 5.75 Å². The highest BCUT2D eigenvalue weighted by atomic mass is 16.5. The van der Waals surface area contributed by atoms with Crippen molar-refractivity contribution in [1.29, 1.82) is 0 Å². The molecule has 5 nitrogen and oxygen atoms in total. The van der Waals surface area contributed by atoms with Crippen molar-refractivity contribution in [2.75, 3.05) is 38.2 Å². The van der Waals surface area contributed by atoms with E-state index in [4.69, 9.17) is 9.47 Å². The van der Waals surface area contributed by atoms with Gasteiger partial charge in [-0.2, -0.15) is 0 Å². The van der Waals surface area contributed by atoms with Crippen LogP contribution >= 0.6 is 0 Å². The fourth-order valence-corrected chi connectivity index (χ4v) is 3.46. The maximum absolute atomic E-state index is 12.2. The van der Waals surface area contributed by atoms with Crippen LogP contribution in [0.3, 0.4) is 0 Å². The highest BCUT2D eigenvalue weighted by molar-refractivity contribution is 5.91. The molecule has 0 radical (unpaired) electrons. The topological polar surface area (TPSA) is 50.8 Å². The molecule has 0 atom stereocenters. The maximum atomic E-state index is 12.2. The Labute approximate surface area is 174 Å². The summed E-state index contributed by atoms with van der Waals surface area (Å²) in [4.78, 5) is 14.6. The summed E-state index contributed by atoms with van der Waals surface area (Å²) < 4.78 is 11.3. The molecule has 0 bridgehead atoms. The summed E-state index contributed by atoms with van der Waals surface area (Å²) in [6.07, 6.45) is 2.62. The van der Waals surface area contributed by atoms with Crippen LogP contribution in [0.2, 0.25) is 0 Å². The summed E-state index contributed by atoms with van der Waals surface area (Å²) in [5.74, 6) is 0.947. The molecule has 1 saturated heterocycles. The van der Waals surface area contributed by atoms with Crippen LogP contribution in [0.5, 0.6) is 5.75 Å². The largest absolute Gasteiger partial charge is 0.490 e. The van der Waals surface area contributed by atoms with E-state index in [1.54, 1.807) is 0 Å². The number of benzene rings is 2. The lowest BCUT2D eigenvalue weighted by Crippen LogP contribution is -2.36. The Kier molecular flexibility index (Phi) is 8.08. The zero-order valence-corrected chi connectivity index (χ0v) is 17.5. The van der Waals surface area contributed by atoms with Crippen molar-refractivity contribution in [3.8, 4) is 16.9 Å². The number of unbranched alkanes of at least 4 members (excludes halogenated alkanes) is 1. The van der Waals surface area contributed by atoms with Gasteiger partial charge in [-0.3, -0.25) is 9.69 Å². The lowest BCUT2D eigenvalue weighted by atomic mass is 10.0. The lowest BCUT2D eigenvalue weighted by molar-refractivity contribution is -0.116. The molecular formula is C24H32N2O3. The van der Waals surface area contributed by atoms with Crippen LogP contribution in [0.25, 0.3) is 11.1 Å². The monoisotopic (exact) mass is 396 g/mol. The predicted octanol–water partition coefficient (Wildman–Crippen LogP) is 4.58. The molecular weight excluding hydrogens is 364 g/mol. The van der Waals surface area contributed by atoms with Crippen molar-refractivity contribution >= 4 is 11.6 Å². The number of amides is 1. The molecule has 0 aromatic heterocycles. The van der Waals surface area contributed by atoms with E-state index in [2.05, 4.69) is 16.3 Å². The van der Waals surface area contributed by atoms with Crippen LogP contribution in [-0.2, 0) is 9.53 Å². The maximum Gasteiger partial charge on any atom is 0.224 e. The normalized spacial score (nSPS) is 14.7. The first-order valence-electron chi connectivity index (χ1n) is 10.6. The SMILES string of the molecule is CC(C)Oc1ccccc1-c1ccc(NC(=O)CCCCN2CCOCC2)cc1. The molecule has 2 aromatic carbocycles. The summed E-state index contributed by atoms with van der Waals surface area (Å²) in [6.45, 7) is 8.75. The number of morpholine rings is 1. The Balaban J connectivity index is 1.47. The minimum absolute atomic E-state index is 0.0725. The molecule has 3 rings (SSSR count). The van der Waals surface area contributed by atoms with Gasteiger partial charge in [-0.15, -0.1) is 0 Å². The second kappa shape index (κ2) is 11.0. The fraction of sp³-hybridized carbons (Fsp3) is 0.458. The molecule has 2 aromatic rings. The second-order valence-corrected chi connectivity index (χ2v) is 7.70. The predicted molar refractivity (Wildman–Crippen MR) is 117 cm³/mol. The molecule has 156 valence electrons. The smallest absolute Gasteiger partial charge is 0.224 e. The van der Waals surface area contributed by atoms with Gasteiger partial charge in [0.25, 0.3) is 0 Å². The standard InChI is InChI=1S/C24H32N2O3/c1-19(2)29-23-8-4-3-7-22(23)20-10-12-21(13-11-20)25-24(27)9-5-6-14-26-15-17-28-18-16-26/h3-4,7-8,10-13,19H,5-6,9,14-18H2,1-2H3,(H,25,27). The van der Waals surface area contributed by atoms with Crippen molar-refractivity contribution < 1.29 is 14.3 Å². The van der Waals surface area contributed by atoms with E-state index in [0.717, 1.165) is 68.3 Å². The molecule has 0 unspecified atom stereocenters. The Morgan fingerprint density at radius 1 is 1.07 bits per heavy atom. The molecule has 0 aliphatic carbocycles. The highest BCUT2D eigenvalue weighted by Gasteiger charge is 2.11. The van der Waals surface area contributed by atoms with Gasteiger partial charge < -0.3 is 14.8 Å². The number of rotatable bonds is 9. The van der Waals surface area contributed by atoms with E-state index in [0.29, 0.717) is 6.42 Å². The van der Waals surface area contributed by atoms with Crippen molar-refractivity contribution in [2.24, 2.45) is 0 Å². The molecule has 0 saturated carbocycles. The van der Waals surface area contributed by atoms with E-state index >= 15 is 0 Å². The zero-order valence-electron chi connectivity index (χ0n) is 17.5. The third-order valence-electron chi connectivity index (χ3n) is 4.96. The molecule has 1 aliphatic rings. The van der Waals surface area contributed by atoms with Crippen LogP contribution in [0.4, 0.5) is 5.69 Å². The molecule has 1 N–H and O–H groups in total. The first-order chi connectivity index (χ1) is 14.1. The number of nitrogens with one attached hydrogen (secondary N) is 1. The van der Waals surface area contributed by atoms with Crippen LogP contribution in [-0.4, -0.2) is 49.8 Å². The third-order valence-corrected chi connectivity index (χ3v) is 4.96. The van der Waals surface area contributed by atoms with Crippen molar-refractivity contribution in [3.63, 3.8) is 0 Å². The molecule has 0 spiro atoms. The van der Waals surface area contributed by atoms with Gasteiger partial charge in [-0.25, -0.2) is 0 Å². The molecule has 1 amide bonds. The quantitative estimate of drug-likeness (QED) is 0.630. The lowest BCUT2D eigenvalue weighted by Gasteiger charge is -2.26. The Bertz CT molecular complexity index is 768. The number of nitrogens with zero attached hydrogens (tertiary/aromatic N) is 1. The number of hydrogen-bond acceptors (Lipinski definition) is 4. The first kappa shape index (κ1) is 21.3. The Morgan fingerprint density at radius 3 is 2.52 bits per heavy atom. The number of para-hydroxylation sites is 1. The third kappa shape index (κ3) is 6.87. The number of ether oxygens (including phenoxy) is 2. The molecule has 1 heterocycles. The average Bonchev–Trinajstić information content (AvgIpc) is 2.73. The second-order valence-electron chi connectivity index (χ2n) is 7.70. The van der Waals surface area contributed by atoms with Gasteiger partial charge in [0.05, 0.1) is 19.3 Å². The van der Waals surface area contributed by atoms with E-state index in [-0.39, 0.29) is 12.0 Å². The molecule has 29 heavy (non-hydrogen) atoms. The minimum Gasteiger partial charge on any atom is -0.490 e. The van der Waals surface area contributed by atoms with Crippen LogP contribution < -0.4 is 10.1 Å². The van der Waals surface area contributed by atoms with Crippen molar-refractivity contribution in [2.45, 2.75) is 39.2 Å². The first-order valence-corrected chi connectivity index (χ1v) is 10.6. The van der Waals surface area contributed by atoms with Crippen LogP contribution in [0.1, 0.15) is 33.1 Å². The Morgan fingerprint density at radius 2 is 1.79 bits per heavy atom. The van der Waals surface area contributed by atoms with Gasteiger partial charge in [0.2, 0.25) is 5.91 Å². The van der Waals surface area contributed by atoms with Gasteiger partial charge in [-0.05, 0) is 57.0 Å². The van der Waals surface area contributed by atoms with E-state index in [9.17, 15) is 4.79 Å². The van der Waals surface area contributed by atoms with E-state index in [1.807, 2.05) is 56.3 Å². The summed E-state index contributed by atoms with van der Waals surface area (Å²) >= 11 is 0. The zero-order chi connectivity index (χ0) is 20.5. The summed E-state index contributed by atoms with van der Waals surface area (Å²) in [6, 6.07) is 16.0. The van der Waals surface area contributed by atoms with Crippen LogP contribution in [0, 0.1) is 0 Å². The highest BCUT2D eigenvalue weighted by Crippen LogP contribution is 2.31. The molecule has 5 heteroatoms.